The molecule has 1 aromatic carbocycles. The van der Waals surface area contributed by atoms with E-state index in [9.17, 15) is 4.91 Å². The van der Waals surface area contributed by atoms with Gasteiger partial charge < -0.3 is 0 Å². The second-order valence-corrected chi connectivity index (χ2v) is 5.64. The first-order valence-electron chi connectivity index (χ1n) is 7.61. The maximum atomic E-state index is 10.7. The number of aromatic nitrogens is 5. The summed E-state index contributed by atoms with van der Waals surface area (Å²) in [4.78, 5) is 19.6. The molecule has 7 nitrogen and oxygen atoms in total. The topological polar surface area (TPSA) is 85.9 Å². The summed E-state index contributed by atoms with van der Waals surface area (Å²) in [7, 11) is 0. The lowest BCUT2D eigenvalue weighted by atomic mass is 10.1. The number of pyridine rings is 2. The standard InChI is InChI=1S/C17H14N6O/c1-11(21-24)14-6-7-16-17(19-14)23(22-20-16)10-12-4-5-15-13(9-12)3-2-8-18-15/h2-9,11H,10H2,1H3. The van der Waals surface area contributed by atoms with Gasteiger partial charge in [-0.25, -0.2) is 9.67 Å². The molecular weight excluding hydrogens is 304 g/mol. The van der Waals surface area contributed by atoms with E-state index in [0.717, 1.165) is 16.5 Å². The molecule has 0 saturated heterocycles. The van der Waals surface area contributed by atoms with Crippen LogP contribution in [0.4, 0.5) is 0 Å². The summed E-state index contributed by atoms with van der Waals surface area (Å²) in [6, 6.07) is 13.1. The summed E-state index contributed by atoms with van der Waals surface area (Å²) >= 11 is 0. The second kappa shape index (κ2) is 5.77. The molecule has 0 aliphatic carbocycles. The van der Waals surface area contributed by atoms with Gasteiger partial charge in [0.1, 0.15) is 11.6 Å². The van der Waals surface area contributed by atoms with Gasteiger partial charge in [-0.2, -0.15) is 4.91 Å². The van der Waals surface area contributed by atoms with Gasteiger partial charge in [-0.05, 0) is 42.8 Å². The normalized spacial score (nSPS) is 12.5. The number of benzene rings is 1. The minimum Gasteiger partial charge on any atom is -0.256 e. The highest BCUT2D eigenvalue weighted by Gasteiger charge is 2.12. The van der Waals surface area contributed by atoms with Gasteiger partial charge in [0.15, 0.2) is 5.65 Å². The summed E-state index contributed by atoms with van der Waals surface area (Å²) < 4.78 is 1.73. The van der Waals surface area contributed by atoms with E-state index >= 15 is 0 Å². The third kappa shape index (κ3) is 2.50. The SMILES string of the molecule is CC(N=O)c1ccc2nnn(Cc3ccc4ncccc4c3)c2n1. The van der Waals surface area contributed by atoms with Gasteiger partial charge in [-0.1, -0.05) is 22.5 Å². The average Bonchev–Trinajstić information content (AvgIpc) is 3.03. The molecule has 7 heteroatoms. The quantitative estimate of drug-likeness (QED) is 0.539. The van der Waals surface area contributed by atoms with E-state index in [4.69, 9.17) is 0 Å². The Hall–Kier alpha value is -3.22. The van der Waals surface area contributed by atoms with Gasteiger partial charge in [-0.15, -0.1) is 5.10 Å². The van der Waals surface area contributed by atoms with E-state index in [1.54, 1.807) is 23.9 Å². The average molecular weight is 318 g/mol. The lowest BCUT2D eigenvalue weighted by Crippen LogP contribution is -2.04. The molecule has 0 N–H and O–H groups in total. The van der Waals surface area contributed by atoms with Crippen LogP contribution in [0.1, 0.15) is 24.2 Å². The molecule has 1 unspecified atom stereocenters. The van der Waals surface area contributed by atoms with Gasteiger partial charge >= 0.3 is 0 Å². The summed E-state index contributed by atoms with van der Waals surface area (Å²) in [5.74, 6) is 0. The first-order valence-corrected chi connectivity index (χ1v) is 7.61. The number of hydrogen-bond acceptors (Lipinski definition) is 6. The summed E-state index contributed by atoms with van der Waals surface area (Å²) in [5.41, 5.74) is 3.99. The lowest BCUT2D eigenvalue weighted by molar-refractivity contribution is 0.661. The van der Waals surface area contributed by atoms with Gasteiger partial charge in [0.2, 0.25) is 0 Å². The Morgan fingerprint density at radius 2 is 2.04 bits per heavy atom. The Morgan fingerprint density at radius 3 is 2.92 bits per heavy atom. The van der Waals surface area contributed by atoms with Crippen molar-refractivity contribution >= 4 is 22.1 Å². The Bertz CT molecular complexity index is 1040. The van der Waals surface area contributed by atoms with Crippen molar-refractivity contribution in [2.75, 3.05) is 0 Å². The van der Waals surface area contributed by atoms with Crippen molar-refractivity contribution < 1.29 is 0 Å². The molecule has 118 valence electrons. The Labute approximate surface area is 137 Å². The maximum Gasteiger partial charge on any atom is 0.179 e. The number of rotatable bonds is 4. The van der Waals surface area contributed by atoms with Crippen molar-refractivity contribution in [2.45, 2.75) is 19.5 Å². The van der Waals surface area contributed by atoms with E-state index in [1.807, 2.05) is 30.3 Å². The minimum atomic E-state index is -0.496. The molecule has 3 heterocycles. The van der Waals surface area contributed by atoms with Crippen LogP contribution in [0.15, 0.2) is 53.8 Å². The van der Waals surface area contributed by atoms with Gasteiger partial charge in [0, 0.05) is 11.6 Å². The van der Waals surface area contributed by atoms with E-state index in [1.165, 1.54) is 0 Å². The summed E-state index contributed by atoms with van der Waals surface area (Å²) in [6.07, 6.45) is 1.78. The Balaban J connectivity index is 1.73. The summed E-state index contributed by atoms with van der Waals surface area (Å²) in [6.45, 7) is 2.26. The largest absolute Gasteiger partial charge is 0.256 e. The van der Waals surface area contributed by atoms with Crippen molar-refractivity contribution in [1.82, 2.24) is 25.0 Å². The van der Waals surface area contributed by atoms with Crippen LogP contribution in [-0.4, -0.2) is 25.0 Å². The highest BCUT2D eigenvalue weighted by molar-refractivity contribution is 5.79. The summed E-state index contributed by atoms with van der Waals surface area (Å²) in [5, 5.41) is 12.4. The first kappa shape index (κ1) is 14.4. The molecule has 0 fully saturated rings. The molecule has 0 aliphatic rings. The molecule has 4 rings (SSSR count). The van der Waals surface area contributed by atoms with Gasteiger partial charge in [0.05, 0.1) is 17.8 Å². The van der Waals surface area contributed by atoms with Crippen LogP contribution in [0.2, 0.25) is 0 Å². The van der Waals surface area contributed by atoms with Crippen LogP contribution in [0.3, 0.4) is 0 Å². The third-order valence-electron chi connectivity index (χ3n) is 3.97. The zero-order valence-corrected chi connectivity index (χ0v) is 13.0. The first-order chi connectivity index (χ1) is 11.7. The molecule has 0 radical (unpaired) electrons. The van der Waals surface area contributed by atoms with Crippen molar-refractivity contribution in [2.24, 2.45) is 5.18 Å². The molecule has 0 amide bonds. The Morgan fingerprint density at radius 1 is 1.17 bits per heavy atom. The molecule has 24 heavy (non-hydrogen) atoms. The van der Waals surface area contributed by atoms with E-state index in [-0.39, 0.29) is 0 Å². The number of fused-ring (bicyclic) bond motifs is 2. The zero-order valence-electron chi connectivity index (χ0n) is 13.0. The molecule has 1 atom stereocenters. The fourth-order valence-electron chi connectivity index (χ4n) is 2.66. The molecule has 0 aliphatic heterocycles. The number of nitroso groups, excluding NO2 is 1. The van der Waals surface area contributed by atoms with Crippen LogP contribution >= 0.6 is 0 Å². The van der Waals surface area contributed by atoms with E-state index in [2.05, 4.69) is 31.5 Å². The van der Waals surface area contributed by atoms with Gasteiger partial charge in [-0.3, -0.25) is 4.98 Å². The van der Waals surface area contributed by atoms with Gasteiger partial charge in [0.25, 0.3) is 0 Å². The second-order valence-electron chi connectivity index (χ2n) is 5.64. The smallest absolute Gasteiger partial charge is 0.179 e. The highest BCUT2D eigenvalue weighted by atomic mass is 16.3. The molecule has 3 aromatic heterocycles. The molecule has 0 spiro atoms. The van der Waals surface area contributed by atoms with Crippen molar-refractivity contribution in [3.8, 4) is 0 Å². The monoisotopic (exact) mass is 318 g/mol. The lowest BCUT2D eigenvalue weighted by Gasteiger charge is -2.06. The van der Waals surface area contributed by atoms with Crippen LogP contribution in [-0.2, 0) is 6.54 Å². The van der Waals surface area contributed by atoms with E-state index < -0.39 is 6.04 Å². The predicted octanol–water partition coefficient (Wildman–Crippen LogP) is 3.25. The minimum absolute atomic E-state index is 0.496. The third-order valence-corrected chi connectivity index (χ3v) is 3.97. The van der Waals surface area contributed by atoms with Crippen molar-refractivity contribution in [3.05, 3.63) is 64.8 Å². The van der Waals surface area contributed by atoms with Crippen LogP contribution in [0, 0.1) is 4.91 Å². The molecule has 4 aromatic rings. The fraction of sp³-hybridized carbons (Fsp3) is 0.176. The zero-order chi connectivity index (χ0) is 16.5. The Kier molecular flexibility index (Phi) is 3.45. The van der Waals surface area contributed by atoms with Crippen LogP contribution in [0.25, 0.3) is 22.1 Å². The molecular formula is C17H14N6O. The number of hydrogen-bond donors (Lipinski definition) is 0. The van der Waals surface area contributed by atoms with Crippen molar-refractivity contribution in [3.63, 3.8) is 0 Å². The van der Waals surface area contributed by atoms with Crippen LogP contribution in [0.5, 0.6) is 0 Å². The number of nitrogens with zero attached hydrogens (tertiary/aromatic N) is 6. The molecule has 0 bridgehead atoms. The maximum absolute atomic E-state index is 10.7. The fourth-order valence-corrected chi connectivity index (χ4v) is 2.66. The predicted molar refractivity (Wildman–Crippen MR) is 90.4 cm³/mol. The van der Waals surface area contributed by atoms with E-state index in [0.29, 0.717) is 23.4 Å². The van der Waals surface area contributed by atoms with Crippen LogP contribution < -0.4 is 0 Å². The van der Waals surface area contributed by atoms with Crippen molar-refractivity contribution in [1.29, 1.82) is 0 Å². The molecule has 0 saturated carbocycles. The highest BCUT2D eigenvalue weighted by Crippen LogP contribution is 2.19.